The molecule has 334 valence electrons. The Morgan fingerprint density at radius 1 is 0.652 bits per heavy atom. The van der Waals surface area contributed by atoms with Gasteiger partial charge < -0.3 is 4.42 Å². The predicted molar refractivity (Wildman–Crippen MR) is 275 cm³/mol. The number of aromatic nitrogens is 3. The Labute approximate surface area is 393 Å². The Morgan fingerprint density at radius 2 is 1.36 bits per heavy atom. The summed E-state index contributed by atoms with van der Waals surface area (Å²) < 4.78 is 12.4. The fourth-order valence-corrected chi connectivity index (χ4v) is 12.2. The minimum Gasteiger partial charge on any atom is -0.437 e. The van der Waals surface area contributed by atoms with E-state index in [0.29, 0.717) is 29.4 Å². The molecule has 4 nitrogen and oxygen atoms in total. The first-order valence-electron chi connectivity index (χ1n) is 24.6. The van der Waals surface area contributed by atoms with Crippen LogP contribution in [0.1, 0.15) is 142 Å². The van der Waals surface area contributed by atoms with Crippen LogP contribution in [0.15, 0.2) is 120 Å². The molecule has 4 aromatic carbocycles. The molecule has 4 heteroatoms. The number of nitrogens with zero attached hydrogens (tertiary/aromatic N) is 3. The molecule has 0 bridgehead atoms. The van der Waals surface area contributed by atoms with E-state index in [9.17, 15) is 0 Å². The Hall–Kier alpha value is -6.13. The zero-order valence-corrected chi connectivity index (χ0v) is 41.3. The van der Waals surface area contributed by atoms with Gasteiger partial charge in [-0.2, -0.15) is 9.13 Å². The molecule has 0 amide bonds. The third-order valence-electron chi connectivity index (χ3n) is 15.3. The summed E-state index contributed by atoms with van der Waals surface area (Å²) >= 11 is 0. The highest BCUT2D eigenvalue weighted by Crippen LogP contribution is 2.49. The van der Waals surface area contributed by atoms with E-state index in [0.717, 1.165) is 51.8 Å². The molecule has 0 N–H and O–H groups in total. The molecule has 2 atom stereocenters. The van der Waals surface area contributed by atoms with E-state index < -0.39 is 0 Å². The van der Waals surface area contributed by atoms with Crippen LogP contribution < -0.4 is 9.13 Å². The van der Waals surface area contributed by atoms with Gasteiger partial charge in [0.15, 0.2) is 29.7 Å². The Balaban J connectivity index is 1.24. The lowest BCUT2D eigenvalue weighted by atomic mass is 9.77. The van der Waals surface area contributed by atoms with Crippen molar-refractivity contribution in [1.29, 1.82) is 0 Å². The summed E-state index contributed by atoms with van der Waals surface area (Å²) in [5.74, 6) is 1.99. The smallest absolute Gasteiger partial charge is 0.227 e. The molecule has 0 fully saturated rings. The fraction of sp³-hybridized carbons (Fsp3) is 0.339. The molecule has 8 aromatic rings. The van der Waals surface area contributed by atoms with Gasteiger partial charge in [-0.15, -0.1) is 0 Å². The largest absolute Gasteiger partial charge is 0.437 e. The van der Waals surface area contributed by atoms with Crippen LogP contribution in [0, 0.1) is 39.5 Å². The maximum absolute atomic E-state index is 7.27. The first-order valence-corrected chi connectivity index (χ1v) is 24.6. The van der Waals surface area contributed by atoms with Gasteiger partial charge in [-0.05, 0) is 133 Å². The van der Waals surface area contributed by atoms with Gasteiger partial charge in [0.1, 0.15) is 5.92 Å². The van der Waals surface area contributed by atoms with Crippen molar-refractivity contribution < 1.29 is 13.6 Å². The van der Waals surface area contributed by atoms with Crippen molar-refractivity contribution in [3.8, 4) is 44.9 Å². The molecule has 2 unspecified atom stereocenters. The molecule has 2 aliphatic rings. The van der Waals surface area contributed by atoms with Crippen LogP contribution in [0.2, 0.25) is 0 Å². The van der Waals surface area contributed by atoms with Crippen LogP contribution in [0.5, 0.6) is 0 Å². The lowest BCUT2D eigenvalue weighted by molar-refractivity contribution is -0.720. The average Bonchev–Trinajstić information content (AvgIpc) is 3.67. The van der Waals surface area contributed by atoms with Gasteiger partial charge in [0.25, 0.3) is 0 Å². The summed E-state index contributed by atoms with van der Waals surface area (Å²) in [7, 11) is 0. The van der Waals surface area contributed by atoms with Gasteiger partial charge in [0, 0.05) is 46.0 Å². The SMILES string of the molecule is C=C1C2c3cc(C)ccc3-c3cc(C)c(C)c[n+]3C2CCc2ccc3c(oc4nc(-c5c(C(C)C)ccc(-c6ccccc6)c5C(C)C)ccc43)c2-c2cc(C)c(C(C(C)C)C(C)C)c[n+]21. The van der Waals surface area contributed by atoms with Crippen LogP contribution >= 0.6 is 0 Å². The standard InChI is InChI=1S/C62H67N3O/c1-34(2)45-24-25-46(43-17-15-14-16-18-43)57(37(7)8)60(45)52-27-26-49-48-23-20-44-21-28-53-58(50-29-38(9)19-22-47(50)54-30-39(10)41(12)32-65(53)54)42(13)64-33-51(56(35(3)4)36(5)6)40(11)31-55(64)59(44)61(48)66-62(49)63-52/h14-20,22-27,29-37,53,56,58H,13,21,28H2,1-12H3/q+2. The molecule has 0 saturated carbocycles. The minimum absolute atomic E-state index is 0.0528. The number of fused-ring (bicyclic) bond motifs is 13. The van der Waals surface area contributed by atoms with Crippen LogP contribution in [0.3, 0.4) is 0 Å². The maximum Gasteiger partial charge on any atom is 0.227 e. The van der Waals surface area contributed by atoms with E-state index in [-0.39, 0.29) is 17.9 Å². The minimum atomic E-state index is 0.0528. The van der Waals surface area contributed by atoms with Gasteiger partial charge in [0.05, 0.1) is 16.8 Å². The lowest BCUT2D eigenvalue weighted by Crippen LogP contribution is -2.51. The molecule has 0 spiro atoms. The molecule has 10 rings (SSSR count). The highest BCUT2D eigenvalue weighted by Gasteiger charge is 2.47. The summed E-state index contributed by atoms with van der Waals surface area (Å²) in [6.07, 6.45) is 6.72. The monoisotopic (exact) mass is 870 g/mol. The van der Waals surface area contributed by atoms with Crippen LogP contribution in [-0.2, 0) is 6.42 Å². The maximum atomic E-state index is 7.27. The molecule has 0 aliphatic carbocycles. The molecule has 0 saturated heterocycles. The van der Waals surface area contributed by atoms with E-state index in [1.165, 1.54) is 78.0 Å². The Kier molecular flexibility index (Phi) is 11.0. The Morgan fingerprint density at radius 3 is 2.08 bits per heavy atom. The van der Waals surface area contributed by atoms with Crippen LogP contribution in [0.25, 0.3) is 72.7 Å². The van der Waals surface area contributed by atoms with E-state index in [4.69, 9.17) is 16.0 Å². The molecular formula is C62H67N3O+2. The van der Waals surface area contributed by atoms with Gasteiger partial charge in [-0.3, -0.25) is 0 Å². The number of benzene rings is 4. The molecular weight excluding hydrogens is 803 g/mol. The van der Waals surface area contributed by atoms with Gasteiger partial charge in [-0.1, -0.05) is 128 Å². The topological polar surface area (TPSA) is 33.8 Å². The van der Waals surface area contributed by atoms with Crippen molar-refractivity contribution in [3.05, 3.63) is 166 Å². The van der Waals surface area contributed by atoms with Crippen molar-refractivity contribution in [2.45, 2.75) is 126 Å². The number of rotatable bonds is 7. The number of pyridine rings is 3. The summed E-state index contributed by atoms with van der Waals surface area (Å²) in [6.45, 7) is 32.9. The fourth-order valence-electron chi connectivity index (χ4n) is 12.2. The highest BCUT2D eigenvalue weighted by atomic mass is 16.3. The summed E-state index contributed by atoms with van der Waals surface area (Å²) in [5.41, 5.74) is 24.1. The second-order valence-electron chi connectivity index (χ2n) is 21.1. The Bertz CT molecular complexity index is 3230. The molecule has 0 radical (unpaired) electrons. The summed E-state index contributed by atoms with van der Waals surface area (Å²) in [6, 6.07) is 36.7. The van der Waals surface area contributed by atoms with E-state index in [2.05, 4.69) is 202 Å². The van der Waals surface area contributed by atoms with Gasteiger partial charge in [0.2, 0.25) is 17.1 Å². The summed E-state index contributed by atoms with van der Waals surface area (Å²) in [5, 5.41) is 2.14. The molecule has 66 heavy (non-hydrogen) atoms. The molecule has 6 heterocycles. The first kappa shape index (κ1) is 43.7. The van der Waals surface area contributed by atoms with Crippen molar-refractivity contribution >= 4 is 27.8 Å². The first-order chi connectivity index (χ1) is 31.6. The van der Waals surface area contributed by atoms with E-state index in [1.807, 2.05) is 0 Å². The van der Waals surface area contributed by atoms with E-state index >= 15 is 0 Å². The second-order valence-corrected chi connectivity index (χ2v) is 21.1. The van der Waals surface area contributed by atoms with Crippen LogP contribution in [0.4, 0.5) is 0 Å². The normalized spacial score (nSPS) is 15.9. The number of hydrogen-bond donors (Lipinski definition) is 0. The highest BCUT2D eigenvalue weighted by molar-refractivity contribution is 6.09. The average molecular weight is 870 g/mol. The second kappa shape index (κ2) is 16.6. The lowest BCUT2D eigenvalue weighted by Gasteiger charge is -2.31. The van der Waals surface area contributed by atoms with Crippen molar-refractivity contribution in [2.24, 2.45) is 11.8 Å². The third-order valence-corrected chi connectivity index (χ3v) is 15.3. The van der Waals surface area contributed by atoms with Gasteiger partial charge in [-0.25, -0.2) is 4.98 Å². The van der Waals surface area contributed by atoms with Crippen molar-refractivity contribution in [2.75, 3.05) is 0 Å². The van der Waals surface area contributed by atoms with Gasteiger partial charge >= 0.3 is 0 Å². The number of hydrogen-bond acceptors (Lipinski definition) is 2. The number of aryl methyl sites for hydroxylation is 5. The zero-order chi connectivity index (χ0) is 46.5. The summed E-state index contributed by atoms with van der Waals surface area (Å²) in [4.78, 5) is 5.52. The quantitative estimate of drug-likeness (QED) is 0.150. The van der Waals surface area contributed by atoms with Crippen molar-refractivity contribution in [3.63, 3.8) is 0 Å². The molecule has 2 aliphatic heterocycles. The van der Waals surface area contributed by atoms with E-state index in [1.54, 1.807) is 0 Å². The molecule has 4 aromatic heterocycles. The van der Waals surface area contributed by atoms with Crippen LogP contribution in [-0.4, -0.2) is 4.98 Å². The third kappa shape index (κ3) is 7.06. The number of furan rings is 1. The predicted octanol–water partition coefficient (Wildman–Crippen LogP) is 15.9. The zero-order valence-electron chi connectivity index (χ0n) is 41.3. The van der Waals surface area contributed by atoms with Crippen molar-refractivity contribution in [1.82, 2.24) is 4.98 Å². The number of allylic oxidation sites excluding steroid dienone is 1.